The van der Waals surface area contributed by atoms with Crippen LogP contribution in [0.4, 0.5) is 5.82 Å². The summed E-state index contributed by atoms with van der Waals surface area (Å²) in [6, 6.07) is 0. The summed E-state index contributed by atoms with van der Waals surface area (Å²) in [6.07, 6.45) is 3.39. The van der Waals surface area contributed by atoms with Crippen LogP contribution in [0.2, 0.25) is 0 Å². The summed E-state index contributed by atoms with van der Waals surface area (Å²) < 4.78 is 1.84. The Morgan fingerprint density at radius 2 is 2.17 bits per heavy atom. The molecule has 1 aromatic rings. The number of aromatic nitrogens is 2. The highest BCUT2D eigenvalue weighted by atomic mass is 15.1. The fourth-order valence-electron chi connectivity index (χ4n) is 0.784. The van der Waals surface area contributed by atoms with E-state index in [0.717, 1.165) is 5.69 Å². The van der Waals surface area contributed by atoms with Gasteiger partial charge < -0.3 is 4.57 Å². The first-order valence-corrected chi connectivity index (χ1v) is 3.90. The van der Waals surface area contributed by atoms with Gasteiger partial charge in [-0.15, -0.1) is 0 Å². The monoisotopic (exact) mass is 165 g/mol. The van der Waals surface area contributed by atoms with Crippen molar-refractivity contribution in [2.24, 2.45) is 12.0 Å². The molecule has 0 N–H and O–H groups in total. The summed E-state index contributed by atoms with van der Waals surface area (Å²) in [7, 11) is 1.89. The van der Waals surface area contributed by atoms with Gasteiger partial charge in [0, 0.05) is 7.05 Å². The van der Waals surface area contributed by atoms with Crippen LogP contribution in [-0.4, -0.2) is 16.3 Å². The lowest BCUT2D eigenvalue weighted by Crippen LogP contribution is -1.86. The van der Waals surface area contributed by atoms with Crippen molar-refractivity contribution >= 4 is 18.6 Å². The predicted molar refractivity (Wildman–Crippen MR) is 53.9 cm³/mol. The smallest absolute Gasteiger partial charge is 0.176 e. The normalized spacial score (nSPS) is 8.25. The molecule has 0 aromatic carbocycles. The molecule has 0 amide bonds. The lowest BCUT2D eigenvalue weighted by Gasteiger charge is -1.92. The zero-order chi connectivity index (χ0) is 9.56. The van der Waals surface area contributed by atoms with Gasteiger partial charge in [-0.1, -0.05) is 20.4 Å². The Kier molecular flexibility index (Phi) is 4.69. The topological polar surface area (TPSA) is 30.2 Å². The van der Waals surface area contributed by atoms with Crippen LogP contribution in [-0.2, 0) is 7.05 Å². The second-order valence-electron chi connectivity index (χ2n) is 1.93. The summed E-state index contributed by atoms with van der Waals surface area (Å²) in [5.74, 6) is 0.637. The SMILES string of the molecule is C=Cc1c(N=C)ncn1C.CC. The summed E-state index contributed by atoms with van der Waals surface area (Å²) in [5, 5.41) is 0. The molecule has 0 saturated carbocycles. The first kappa shape index (κ1) is 10.6. The average molecular weight is 165 g/mol. The average Bonchev–Trinajstić information content (AvgIpc) is 2.49. The van der Waals surface area contributed by atoms with Gasteiger partial charge in [-0.05, 0) is 12.8 Å². The van der Waals surface area contributed by atoms with Crippen molar-refractivity contribution in [1.82, 2.24) is 9.55 Å². The van der Waals surface area contributed by atoms with Crippen LogP contribution in [0.1, 0.15) is 19.5 Å². The maximum atomic E-state index is 3.97. The first-order valence-electron chi connectivity index (χ1n) is 3.90. The lowest BCUT2D eigenvalue weighted by molar-refractivity contribution is 0.902. The van der Waals surface area contributed by atoms with Crippen LogP contribution in [0, 0.1) is 0 Å². The number of aliphatic imine (C=N–C) groups is 1. The summed E-state index contributed by atoms with van der Waals surface area (Å²) in [4.78, 5) is 7.68. The molecule has 0 aliphatic carbocycles. The molecule has 1 heterocycles. The van der Waals surface area contributed by atoms with Gasteiger partial charge in [0.15, 0.2) is 5.82 Å². The molecule has 66 valence electrons. The fraction of sp³-hybridized carbons (Fsp3) is 0.333. The van der Waals surface area contributed by atoms with E-state index < -0.39 is 0 Å². The molecular weight excluding hydrogens is 150 g/mol. The molecule has 0 unspecified atom stereocenters. The zero-order valence-electron chi connectivity index (χ0n) is 7.91. The molecule has 1 aromatic heterocycles. The molecule has 0 radical (unpaired) electrons. The Bertz CT molecular complexity index is 261. The second kappa shape index (κ2) is 5.29. The molecule has 0 spiro atoms. The zero-order valence-corrected chi connectivity index (χ0v) is 7.91. The van der Waals surface area contributed by atoms with E-state index in [1.165, 1.54) is 0 Å². The highest BCUT2D eigenvalue weighted by molar-refractivity contribution is 5.58. The molecule has 0 fully saturated rings. The van der Waals surface area contributed by atoms with Crippen molar-refractivity contribution in [3.63, 3.8) is 0 Å². The Balaban J connectivity index is 0.000000561. The number of imidazole rings is 1. The molecule has 3 heteroatoms. The molecule has 1 rings (SSSR count). The molecule has 3 nitrogen and oxygen atoms in total. The Hall–Kier alpha value is -1.38. The Morgan fingerprint density at radius 1 is 1.58 bits per heavy atom. The van der Waals surface area contributed by atoms with Crippen molar-refractivity contribution in [1.29, 1.82) is 0 Å². The number of hydrogen-bond donors (Lipinski definition) is 0. The minimum absolute atomic E-state index is 0.637. The van der Waals surface area contributed by atoms with E-state index in [9.17, 15) is 0 Å². The molecule has 12 heavy (non-hydrogen) atoms. The van der Waals surface area contributed by atoms with E-state index in [2.05, 4.69) is 23.3 Å². The third kappa shape index (κ3) is 2.05. The summed E-state index contributed by atoms with van der Waals surface area (Å²) >= 11 is 0. The van der Waals surface area contributed by atoms with Crippen LogP contribution in [0.5, 0.6) is 0 Å². The largest absolute Gasteiger partial charge is 0.332 e. The third-order valence-corrected chi connectivity index (χ3v) is 1.31. The van der Waals surface area contributed by atoms with Gasteiger partial charge in [0.2, 0.25) is 0 Å². The van der Waals surface area contributed by atoms with Gasteiger partial charge in [0.05, 0.1) is 12.0 Å². The van der Waals surface area contributed by atoms with E-state index >= 15 is 0 Å². The third-order valence-electron chi connectivity index (χ3n) is 1.31. The molecule has 0 atom stereocenters. The number of nitrogens with zero attached hydrogens (tertiary/aromatic N) is 3. The van der Waals surface area contributed by atoms with Gasteiger partial charge in [-0.25, -0.2) is 9.98 Å². The lowest BCUT2D eigenvalue weighted by atomic mass is 10.4. The molecule has 0 aliphatic rings. The van der Waals surface area contributed by atoms with Gasteiger partial charge in [0.25, 0.3) is 0 Å². The van der Waals surface area contributed by atoms with E-state index in [0.29, 0.717) is 5.82 Å². The van der Waals surface area contributed by atoms with Gasteiger partial charge in [-0.3, -0.25) is 0 Å². The van der Waals surface area contributed by atoms with Gasteiger partial charge in [-0.2, -0.15) is 0 Å². The summed E-state index contributed by atoms with van der Waals surface area (Å²) in [5.41, 5.74) is 0.898. The Labute approximate surface area is 73.5 Å². The van der Waals surface area contributed by atoms with E-state index in [1.54, 1.807) is 12.4 Å². The van der Waals surface area contributed by atoms with E-state index in [4.69, 9.17) is 0 Å². The van der Waals surface area contributed by atoms with Crippen molar-refractivity contribution < 1.29 is 0 Å². The number of aryl methyl sites for hydroxylation is 1. The van der Waals surface area contributed by atoms with Crippen molar-refractivity contribution in [2.45, 2.75) is 13.8 Å². The van der Waals surface area contributed by atoms with Gasteiger partial charge >= 0.3 is 0 Å². The highest BCUT2D eigenvalue weighted by Crippen LogP contribution is 2.15. The van der Waals surface area contributed by atoms with Crippen molar-refractivity contribution in [3.05, 3.63) is 18.6 Å². The second-order valence-corrected chi connectivity index (χ2v) is 1.93. The van der Waals surface area contributed by atoms with Crippen molar-refractivity contribution in [3.8, 4) is 0 Å². The summed E-state index contributed by atoms with van der Waals surface area (Å²) in [6.45, 7) is 11.0. The number of hydrogen-bond acceptors (Lipinski definition) is 2. The van der Waals surface area contributed by atoms with Crippen LogP contribution in [0.3, 0.4) is 0 Å². The molecule has 0 saturated heterocycles. The quantitative estimate of drug-likeness (QED) is 0.619. The van der Waals surface area contributed by atoms with E-state index in [1.807, 2.05) is 25.5 Å². The standard InChI is InChI=1S/C7H9N3.C2H6/c1-4-6-7(8-2)9-5-10(6)3;1-2/h4-5H,1-2H2,3H3;1-2H3. The van der Waals surface area contributed by atoms with Crippen LogP contribution in [0.15, 0.2) is 17.9 Å². The minimum atomic E-state index is 0.637. The van der Waals surface area contributed by atoms with E-state index in [-0.39, 0.29) is 0 Å². The van der Waals surface area contributed by atoms with Gasteiger partial charge in [0.1, 0.15) is 0 Å². The predicted octanol–water partition coefficient (Wildman–Crippen LogP) is 2.42. The fourth-order valence-corrected chi connectivity index (χ4v) is 0.784. The Morgan fingerprint density at radius 3 is 2.50 bits per heavy atom. The van der Waals surface area contributed by atoms with Crippen LogP contribution >= 0.6 is 0 Å². The maximum Gasteiger partial charge on any atom is 0.176 e. The molecular formula is C9H15N3. The number of rotatable bonds is 2. The molecule has 0 bridgehead atoms. The van der Waals surface area contributed by atoms with Crippen LogP contribution < -0.4 is 0 Å². The minimum Gasteiger partial charge on any atom is -0.332 e. The molecule has 0 aliphatic heterocycles. The highest BCUT2D eigenvalue weighted by Gasteiger charge is 2.00. The first-order chi connectivity index (χ1) is 5.79. The maximum absolute atomic E-state index is 3.97. The van der Waals surface area contributed by atoms with Crippen LogP contribution in [0.25, 0.3) is 6.08 Å². The van der Waals surface area contributed by atoms with Crippen molar-refractivity contribution in [2.75, 3.05) is 0 Å².